The number of carbonyl (C=O) groups is 1. The van der Waals surface area contributed by atoms with Gasteiger partial charge in [0.15, 0.2) is 11.5 Å². The zero-order valence-electron chi connectivity index (χ0n) is 14.5. The van der Waals surface area contributed by atoms with Crippen molar-refractivity contribution in [2.75, 3.05) is 17.4 Å². The number of para-hydroxylation sites is 1. The molecule has 0 aromatic heterocycles. The molecule has 26 heavy (non-hydrogen) atoms. The lowest BCUT2D eigenvalue weighted by Gasteiger charge is -2.28. The van der Waals surface area contributed by atoms with Gasteiger partial charge in [0.1, 0.15) is 6.04 Å². The average Bonchev–Trinajstić information content (AvgIpc) is 3.07. The Morgan fingerprint density at radius 1 is 1.15 bits per heavy atom. The van der Waals surface area contributed by atoms with Gasteiger partial charge in [-0.05, 0) is 36.8 Å². The Balaban J connectivity index is 1.71. The van der Waals surface area contributed by atoms with Crippen LogP contribution in [0.3, 0.4) is 0 Å². The molecule has 1 heterocycles. The molecule has 2 aromatic carbocycles. The Morgan fingerprint density at radius 3 is 2.54 bits per heavy atom. The van der Waals surface area contributed by atoms with E-state index in [4.69, 9.17) is 9.47 Å². The number of amides is 1. The number of fused-ring (bicyclic) bond motifs is 1. The van der Waals surface area contributed by atoms with Crippen molar-refractivity contribution in [3.05, 3.63) is 54.1 Å². The fourth-order valence-corrected chi connectivity index (χ4v) is 3.95. The van der Waals surface area contributed by atoms with Gasteiger partial charge >= 0.3 is 0 Å². The maximum absolute atomic E-state index is 12.5. The van der Waals surface area contributed by atoms with Crippen LogP contribution in [-0.2, 0) is 21.4 Å². The van der Waals surface area contributed by atoms with Crippen molar-refractivity contribution in [1.29, 1.82) is 0 Å². The molecule has 0 saturated carbocycles. The first-order valence-corrected chi connectivity index (χ1v) is 9.92. The topological polar surface area (TPSA) is 84.9 Å². The van der Waals surface area contributed by atoms with E-state index in [1.807, 2.05) is 6.07 Å². The van der Waals surface area contributed by atoms with E-state index in [2.05, 4.69) is 5.32 Å². The summed E-state index contributed by atoms with van der Waals surface area (Å²) in [5.74, 6) is 0.907. The molecule has 0 bridgehead atoms. The summed E-state index contributed by atoms with van der Waals surface area (Å²) in [7, 11) is -3.62. The number of carbonyl (C=O) groups excluding carboxylic acids is 1. The molecule has 2 aromatic rings. The van der Waals surface area contributed by atoms with Gasteiger partial charge in [-0.3, -0.25) is 9.10 Å². The second-order valence-electron chi connectivity index (χ2n) is 5.98. The lowest BCUT2D eigenvalue weighted by atomic mass is 10.2. The highest BCUT2D eigenvalue weighted by molar-refractivity contribution is 7.92. The van der Waals surface area contributed by atoms with Crippen molar-refractivity contribution < 1.29 is 22.7 Å². The van der Waals surface area contributed by atoms with Crippen LogP contribution < -0.4 is 19.1 Å². The SMILES string of the molecule is C[C@H](C(=O)NCc1ccc2c(c1)OCO2)N(c1ccccc1)S(C)(=O)=O. The van der Waals surface area contributed by atoms with Crippen molar-refractivity contribution in [2.24, 2.45) is 0 Å². The minimum atomic E-state index is -3.62. The summed E-state index contributed by atoms with van der Waals surface area (Å²) in [4.78, 5) is 12.5. The number of benzene rings is 2. The average molecular weight is 376 g/mol. The van der Waals surface area contributed by atoms with Gasteiger partial charge in [-0.25, -0.2) is 8.42 Å². The monoisotopic (exact) mass is 376 g/mol. The predicted octanol–water partition coefficient (Wildman–Crippen LogP) is 1.89. The van der Waals surface area contributed by atoms with Crippen LogP contribution in [0.25, 0.3) is 0 Å². The number of nitrogens with one attached hydrogen (secondary N) is 1. The van der Waals surface area contributed by atoms with Gasteiger partial charge < -0.3 is 14.8 Å². The van der Waals surface area contributed by atoms with E-state index in [9.17, 15) is 13.2 Å². The molecule has 3 rings (SSSR count). The van der Waals surface area contributed by atoms with Crippen molar-refractivity contribution in [3.63, 3.8) is 0 Å². The van der Waals surface area contributed by atoms with Crippen LogP contribution in [0.15, 0.2) is 48.5 Å². The maximum Gasteiger partial charge on any atom is 0.243 e. The van der Waals surface area contributed by atoms with Crippen molar-refractivity contribution in [2.45, 2.75) is 19.5 Å². The van der Waals surface area contributed by atoms with Crippen LogP contribution >= 0.6 is 0 Å². The van der Waals surface area contributed by atoms with Gasteiger partial charge in [0.2, 0.25) is 22.7 Å². The second kappa shape index (κ2) is 7.25. The molecular weight excluding hydrogens is 356 g/mol. The number of nitrogens with zero attached hydrogens (tertiary/aromatic N) is 1. The molecule has 1 aliphatic rings. The normalized spacial score (nSPS) is 13.9. The van der Waals surface area contributed by atoms with Crippen molar-refractivity contribution in [1.82, 2.24) is 5.32 Å². The van der Waals surface area contributed by atoms with Gasteiger partial charge in [-0.2, -0.15) is 0 Å². The summed E-state index contributed by atoms with van der Waals surface area (Å²) in [6.45, 7) is 2.00. The van der Waals surface area contributed by atoms with E-state index >= 15 is 0 Å². The predicted molar refractivity (Wildman–Crippen MR) is 97.6 cm³/mol. The third-order valence-electron chi connectivity index (χ3n) is 4.00. The van der Waals surface area contributed by atoms with Crippen LogP contribution in [0.1, 0.15) is 12.5 Å². The summed E-state index contributed by atoms with van der Waals surface area (Å²) < 4.78 is 36.1. The van der Waals surface area contributed by atoms with E-state index in [0.717, 1.165) is 16.1 Å². The Labute approximate surface area is 152 Å². The first-order chi connectivity index (χ1) is 12.4. The molecule has 0 fully saturated rings. The first kappa shape index (κ1) is 18.1. The second-order valence-corrected chi connectivity index (χ2v) is 7.84. The number of hydrogen-bond acceptors (Lipinski definition) is 5. The summed E-state index contributed by atoms with van der Waals surface area (Å²) in [6, 6.07) is 13.1. The molecule has 1 N–H and O–H groups in total. The Kier molecular flexibility index (Phi) is 5.03. The number of anilines is 1. The van der Waals surface area contributed by atoms with Gasteiger partial charge in [-0.1, -0.05) is 24.3 Å². The zero-order chi connectivity index (χ0) is 18.7. The number of ether oxygens (including phenoxy) is 2. The maximum atomic E-state index is 12.5. The highest BCUT2D eigenvalue weighted by Crippen LogP contribution is 2.32. The highest BCUT2D eigenvalue weighted by atomic mass is 32.2. The largest absolute Gasteiger partial charge is 0.454 e. The van der Waals surface area contributed by atoms with Crippen LogP contribution in [-0.4, -0.2) is 33.4 Å². The zero-order valence-corrected chi connectivity index (χ0v) is 15.3. The molecule has 0 spiro atoms. The fraction of sp³-hybridized carbons (Fsp3) is 0.278. The summed E-state index contributed by atoms with van der Waals surface area (Å²) >= 11 is 0. The fourth-order valence-electron chi connectivity index (χ4n) is 2.77. The molecule has 7 nitrogen and oxygen atoms in total. The number of rotatable bonds is 6. The summed E-state index contributed by atoms with van der Waals surface area (Å²) in [6.07, 6.45) is 1.08. The molecule has 0 unspecified atom stereocenters. The Hall–Kier alpha value is -2.74. The van der Waals surface area contributed by atoms with E-state index in [1.165, 1.54) is 0 Å². The minimum Gasteiger partial charge on any atom is -0.454 e. The summed E-state index contributed by atoms with van der Waals surface area (Å²) in [5.41, 5.74) is 1.28. The van der Waals surface area contributed by atoms with E-state index in [-0.39, 0.29) is 13.3 Å². The smallest absolute Gasteiger partial charge is 0.243 e. The van der Waals surface area contributed by atoms with Crippen LogP contribution in [0.4, 0.5) is 5.69 Å². The Bertz CT molecular complexity index is 899. The molecule has 8 heteroatoms. The first-order valence-electron chi connectivity index (χ1n) is 8.07. The van der Waals surface area contributed by atoms with Gasteiger partial charge in [0, 0.05) is 6.54 Å². The summed E-state index contributed by atoms with van der Waals surface area (Å²) in [5, 5.41) is 2.77. The molecule has 0 aliphatic carbocycles. The van der Waals surface area contributed by atoms with Gasteiger partial charge in [-0.15, -0.1) is 0 Å². The lowest BCUT2D eigenvalue weighted by molar-refractivity contribution is -0.122. The lowest BCUT2D eigenvalue weighted by Crippen LogP contribution is -2.47. The minimum absolute atomic E-state index is 0.183. The molecule has 1 atom stereocenters. The van der Waals surface area contributed by atoms with E-state index in [1.54, 1.807) is 49.4 Å². The number of sulfonamides is 1. The van der Waals surface area contributed by atoms with Crippen LogP contribution in [0.5, 0.6) is 11.5 Å². The third kappa shape index (κ3) is 3.91. The molecular formula is C18H20N2O5S. The van der Waals surface area contributed by atoms with Crippen LogP contribution in [0.2, 0.25) is 0 Å². The van der Waals surface area contributed by atoms with Crippen molar-refractivity contribution >= 4 is 21.6 Å². The Morgan fingerprint density at radius 2 is 1.85 bits per heavy atom. The van der Waals surface area contributed by atoms with Gasteiger partial charge in [0.05, 0.1) is 11.9 Å². The van der Waals surface area contributed by atoms with Crippen LogP contribution in [0, 0.1) is 0 Å². The van der Waals surface area contributed by atoms with Gasteiger partial charge in [0.25, 0.3) is 0 Å². The standard InChI is InChI=1S/C18H20N2O5S/c1-13(20(26(2,22)23)15-6-4-3-5-7-15)18(21)19-11-14-8-9-16-17(10-14)25-12-24-16/h3-10,13H,11-12H2,1-2H3,(H,19,21)/t13-/m1/s1. The third-order valence-corrected chi connectivity index (χ3v) is 5.24. The molecule has 1 amide bonds. The quantitative estimate of drug-likeness (QED) is 0.832. The molecule has 1 aliphatic heterocycles. The van der Waals surface area contributed by atoms with E-state index < -0.39 is 22.0 Å². The highest BCUT2D eigenvalue weighted by Gasteiger charge is 2.28. The molecule has 0 saturated heterocycles. The molecule has 138 valence electrons. The molecule has 0 radical (unpaired) electrons. The van der Waals surface area contributed by atoms with Crippen molar-refractivity contribution in [3.8, 4) is 11.5 Å². The van der Waals surface area contributed by atoms with E-state index in [0.29, 0.717) is 17.2 Å². The number of hydrogen-bond donors (Lipinski definition) is 1.